The lowest BCUT2D eigenvalue weighted by Gasteiger charge is -2.22. The molecule has 0 spiro atoms. The molecule has 8 heteroatoms. The minimum atomic E-state index is -1.00. The van der Waals surface area contributed by atoms with Crippen LogP contribution >= 0.6 is 23.2 Å². The summed E-state index contributed by atoms with van der Waals surface area (Å²) in [5.41, 5.74) is 0.876. The summed E-state index contributed by atoms with van der Waals surface area (Å²) in [5.74, 6) is -1.38. The van der Waals surface area contributed by atoms with E-state index in [-0.39, 0.29) is 33.3 Å². The lowest BCUT2D eigenvalue weighted by atomic mass is 9.90. The Hall–Kier alpha value is -2.57. The third-order valence-corrected chi connectivity index (χ3v) is 6.38. The molecule has 162 valence electrons. The lowest BCUT2D eigenvalue weighted by Crippen LogP contribution is -2.29. The fourth-order valence-corrected chi connectivity index (χ4v) is 4.74. The molecule has 0 bridgehead atoms. The molecule has 0 aromatic heterocycles. The van der Waals surface area contributed by atoms with Gasteiger partial charge in [-0.25, -0.2) is 4.90 Å². The van der Waals surface area contributed by atoms with Gasteiger partial charge in [0, 0.05) is 0 Å². The molecule has 0 radical (unpaired) electrons. The Morgan fingerprint density at radius 1 is 1.00 bits per heavy atom. The van der Waals surface area contributed by atoms with E-state index in [0.29, 0.717) is 23.8 Å². The summed E-state index contributed by atoms with van der Waals surface area (Å²) in [6.07, 6.45) is 5.55. The first-order valence-electron chi connectivity index (χ1n) is 10.2. The van der Waals surface area contributed by atoms with Crippen molar-refractivity contribution < 1.29 is 24.2 Å². The topological polar surface area (TPSA) is 83.9 Å². The van der Waals surface area contributed by atoms with E-state index in [0.717, 1.165) is 17.7 Å². The van der Waals surface area contributed by atoms with Gasteiger partial charge in [0.05, 0.1) is 39.9 Å². The van der Waals surface area contributed by atoms with E-state index in [1.807, 2.05) is 0 Å². The van der Waals surface area contributed by atoms with E-state index < -0.39 is 17.8 Å². The highest BCUT2D eigenvalue weighted by Gasteiger charge is 2.42. The van der Waals surface area contributed by atoms with Gasteiger partial charge in [0.1, 0.15) is 5.75 Å². The summed E-state index contributed by atoms with van der Waals surface area (Å²) in [4.78, 5) is 38.3. The van der Waals surface area contributed by atoms with Gasteiger partial charge in [0.25, 0.3) is 11.8 Å². The number of fused-ring (bicyclic) bond motifs is 1. The van der Waals surface area contributed by atoms with Crippen molar-refractivity contribution in [1.29, 1.82) is 0 Å². The second kappa shape index (κ2) is 8.89. The molecular weight excluding hydrogens is 441 g/mol. The summed E-state index contributed by atoms with van der Waals surface area (Å²) < 4.78 is 5.98. The number of nitrogens with zero attached hydrogens (tertiary/aromatic N) is 1. The number of carbonyl (C=O) groups excluding carboxylic acids is 2. The number of imide groups is 1. The zero-order chi connectivity index (χ0) is 22.1. The fraction of sp³-hybridized carbons (Fsp3) is 0.348. The van der Waals surface area contributed by atoms with Crippen molar-refractivity contribution in [3.05, 3.63) is 57.1 Å². The summed E-state index contributed by atoms with van der Waals surface area (Å²) in [6, 6.07) is 7.62. The van der Waals surface area contributed by atoms with Crippen LogP contribution in [-0.2, 0) is 11.2 Å². The Kier molecular flexibility index (Phi) is 6.21. The third-order valence-electron chi connectivity index (χ3n) is 5.76. The molecule has 1 N–H and O–H groups in total. The third kappa shape index (κ3) is 4.27. The van der Waals surface area contributed by atoms with Crippen molar-refractivity contribution in [1.82, 2.24) is 0 Å². The molecule has 4 rings (SSSR count). The molecule has 2 aliphatic rings. The van der Waals surface area contributed by atoms with Gasteiger partial charge in [0.15, 0.2) is 0 Å². The number of amides is 2. The highest BCUT2D eigenvalue weighted by atomic mass is 35.5. The van der Waals surface area contributed by atoms with E-state index in [4.69, 9.17) is 33.0 Å². The molecule has 1 saturated carbocycles. The number of hydrogen-bond acceptors (Lipinski definition) is 4. The molecule has 0 saturated heterocycles. The number of carboxylic acid groups (broad SMARTS) is 1. The van der Waals surface area contributed by atoms with E-state index in [2.05, 4.69) is 0 Å². The van der Waals surface area contributed by atoms with Gasteiger partial charge >= 0.3 is 5.97 Å². The molecule has 1 heterocycles. The van der Waals surface area contributed by atoms with Gasteiger partial charge in [-0.05, 0) is 48.6 Å². The minimum absolute atomic E-state index is 0.0958. The second-order valence-corrected chi connectivity index (χ2v) is 8.73. The maximum absolute atomic E-state index is 13.3. The van der Waals surface area contributed by atoms with Gasteiger partial charge < -0.3 is 9.84 Å². The van der Waals surface area contributed by atoms with Crippen LogP contribution in [-0.4, -0.2) is 29.5 Å². The van der Waals surface area contributed by atoms with Crippen LogP contribution in [0.4, 0.5) is 5.69 Å². The quantitative estimate of drug-likeness (QED) is 0.583. The number of benzene rings is 2. The van der Waals surface area contributed by atoms with E-state index >= 15 is 0 Å². The van der Waals surface area contributed by atoms with Crippen LogP contribution in [0.15, 0.2) is 30.3 Å². The molecule has 0 unspecified atom stereocenters. The van der Waals surface area contributed by atoms with Crippen LogP contribution in [0.2, 0.25) is 10.0 Å². The smallest absolute Gasteiger partial charge is 0.307 e. The first kappa shape index (κ1) is 21.7. The average molecular weight is 462 g/mol. The number of aliphatic carboxylic acids is 1. The standard InChI is InChI=1S/C23H21Cl2NO5/c24-15-7-9-18(31-12-13-4-2-1-3-5-13)21-20(15)22(29)26(23(21)30)17-8-6-14(10-16(17)25)11-19(27)28/h6-10,13H,1-5,11-12H2,(H,27,28). The van der Waals surface area contributed by atoms with Crippen LogP contribution in [0.3, 0.4) is 0 Å². The Morgan fingerprint density at radius 2 is 1.71 bits per heavy atom. The van der Waals surface area contributed by atoms with Gasteiger partial charge in [-0.3, -0.25) is 14.4 Å². The second-order valence-electron chi connectivity index (χ2n) is 7.91. The van der Waals surface area contributed by atoms with E-state index in [9.17, 15) is 14.4 Å². The largest absolute Gasteiger partial charge is 0.492 e. The number of rotatable bonds is 6. The SMILES string of the molecule is O=C(O)Cc1ccc(N2C(=O)c3c(Cl)ccc(OCC4CCCCC4)c3C2=O)c(Cl)c1. The molecule has 31 heavy (non-hydrogen) atoms. The number of halogens is 2. The number of carboxylic acids is 1. The lowest BCUT2D eigenvalue weighted by molar-refractivity contribution is -0.136. The van der Waals surface area contributed by atoms with Crippen LogP contribution in [0.25, 0.3) is 0 Å². The highest BCUT2D eigenvalue weighted by Crippen LogP contribution is 2.40. The molecule has 1 aliphatic carbocycles. The fourth-order valence-electron chi connectivity index (χ4n) is 4.21. The summed E-state index contributed by atoms with van der Waals surface area (Å²) in [7, 11) is 0. The van der Waals surface area contributed by atoms with Crippen LogP contribution in [0, 0.1) is 5.92 Å². The molecule has 2 aromatic carbocycles. The number of hydrogen-bond donors (Lipinski definition) is 1. The zero-order valence-electron chi connectivity index (χ0n) is 16.7. The first-order chi connectivity index (χ1) is 14.9. The van der Waals surface area contributed by atoms with Crippen LogP contribution < -0.4 is 9.64 Å². The van der Waals surface area contributed by atoms with E-state index in [1.165, 1.54) is 37.5 Å². The predicted octanol–water partition coefficient (Wildman–Crippen LogP) is 5.38. The van der Waals surface area contributed by atoms with Crippen molar-refractivity contribution in [3.8, 4) is 5.75 Å². The van der Waals surface area contributed by atoms with Gasteiger partial charge in [-0.2, -0.15) is 0 Å². The Balaban J connectivity index is 1.64. The monoisotopic (exact) mass is 461 g/mol. The number of ether oxygens (including phenoxy) is 1. The van der Waals surface area contributed by atoms with Crippen molar-refractivity contribution >= 4 is 46.7 Å². The van der Waals surface area contributed by atoms with Gasteiger partial charge in [-0.1, -0.05) is 48.5 Å². The summed E-state index contributed by atoms with van der Waals surface area (Å²) in [5, 5.41) is 9.23. The summed E-state index contributed by atoms with van der Waals surface area (Å²) >= 11 is 12.6. The Labute approximate surface area is 189 Å². The molecule has 2 aromatic rings. The molecule has 1 fully saturated rings. The molecule has 0 atom stereocenters. The van der Waals surface area contributed by atoms with Crippen molar-refractivity contribution in [3.63, 3.8) is 0 Å². The maximum Gasteiger partial charge on any atom is 0.307 e. The summed E-state index contributed by atoms with van der Waals surface area (Å²) in [6.45, 7) is 0.486. The molecule has 6 nitrogen and oxygen atoms in total. The minimum Gasteiger partial charge on any atom is -0.492 e. The Morgan fingerprint density at radius 3 is 2.39 bits per heavy atom. The number of anilines is 1. The molecule has 1 aliphatic heterocycles. The number of carbonyl (C=O) groups is 3. The highest BCUT2D eigenvalue weighted by molar-refractivity contribution is 6.44. The average Bonchev–Trinajstić information content (AvgIpc) is 3.00. The van der Waals surface area contributed by atoms with E-state index in [1.54, 1.807) is 12.1 Å². The molecular formula is C23H21Cl2NO5. The Bertz CT molecular complexity index is 1060. The van der Waals surface area contributed by atoms with Crippen molar-refractivity contribution in [2.45, 2.75) is 38.5 Å². The van der Waals surface area contributed by atoms with Gasteiger partial charge in [-0.15, -0.1) is 0 Å². The first-order valence-corrected chi connectivity index (χ1v) is 11.0. The normalized spacial score (nSPS) is 16.5. The molecule has 2 amide bonds. The maximum atomic E-state index is 13.3. The predicted molar refractivity (Wildman–Crippen MR) is 117 cm³/mol. The van der Waals surface area contributed by atoms with Crippen LogP contribution in [0.1, 0.15) is 58.4 Å². The van der Waals surface area contributed by atoms with Crippen molar-refractivity contribution in [2.24, 2.45) is 5.92 Å². The zero-order valence-corrected chi connectivity index (χ0v) is 18.2. The van der Waals surface area contributed by atoms with Crippen LogP contribution in [0.5, 0.6) is 5.75 Å². The van der Waals surface area contributed by atoms with Gasteiger partial charge in [0.2, 0.25) is 0 Å². The van der Waals surface area contributed by atoms with Crippen molar-refractivity contribution in [2.75, 3.05) is 11.5 Å².